The number of benzene rings is 1. The molecule has 0 spiro atoms. The van der Waals surface area contributed by atoms with Gasteiger partial charge in [-0.15, -0.1) is 0 Å². The SMILES string of the molecule is Cc1cc(Br)c(NC(=O)N2CCC[C@@H]2C(=O)O)c(Br)c1. The van der Waals surface area contributed by atoms with Gasteiger partial charge in [-0.1, -0.05) is 0 Å². The van der Waals surface area contributed by atoms with Gasteiger partial charge in [0.25, 0.3) is 0 Å². The summed E-state index contributed by atoms with van der Waals surface area (Å²) in [6, 6.07) is 2.65. The van der Waals surface area contributed by atoms with Crippen molar-refractivity contribution in [3.05, 3.63) is 26.6 Å². The van der Waals surface area contributed by atoms with Crippen molar-refractivity contribution in [1.29, 1.82) is 0 Å². The van der Waals surface area contributed by atoms with Crippen LogP contribution in [-0.4, -0.2) is 34.6 Å². The van der Waals surface area contributed by atoms with Crippen molar-refractivity contribution in [2.75, 3.05) is 11.9 Å². The number of amides is 2. The van der Waals surface area contributed by atoms with Crippen LogP contribution < -0.4 is 5.32 Å². The molecule has 1 fully saturated rings. The van der Waals surface area contributed by atoms with Gasteiger partial charge in [0.05, 0.1) is 5.69 Å². The third kappa shape index (κ3) is 3.15. The van der Waals surface area contributed by atoms with E-state index in [1.807, 2.05) is 19.1 Å². The van der Waals surface area contributed by atoms with E-state index in [0.29, 0.717) is 25.1 Å². The largest absolute Gasteiger partial charge is 0.480 e. The number of anilines is 1. The molecule has 1 heterocycles. The average Bonchev–Trinajstić information content (AvgIpc) is 2.82. The van der Waals surface area contributed by atoms with Gasteiger partial charge in [0, 0.05) is 15.5 Å². The molecule has 1 aliphatic rings. The number of likely N-dealkylation sites (tertiary alicyclic amines) is 1. The number of carbonyl (C=O) groups is 2. The molecule has 2 N–H and O–H groups in total. The minimum absolute atomic E-state index is 0.389. The van der Waals surface area contributed by atoms with Crippen molar-refractivity contribution >= 4 is 49.5 Å². The molecule has 5 nitrogen and oxygen atoms in total. The Bertz CT molecular complexity index is 540. The van der Waals surface area contributed by atoms with Crippen LogP contribution in [0.4, 0.5) is 10.5 Å². The Labute approximate surface area is 133 Å². The highest BCUT2D eigenvalue weighted by molar-refractivity contribution is 9.11. The van der Waals surface area contributed by atoms with E-state index in [1.54, 1.807) is 0 Å². The zero-order valence-corrected chi connectivity index (χ0v) is 14.0. The Morgan fingerprint density at radius 1 is 1.35 bits per heavy atom. The number of hydrogen-bond acceptors (Lipinski definition) is 2. The zero-order valence-electron chi connectivity index (χ0n) is 10.8. The summed E-state index contributed by atoms with van der Waals surface area (Å²) in [4.78, 5) is 24.7. The van der Waals surface area contributed by atoms with Gasteiger partial charge in [0.2, 0.25) is 0 Å². The second-order valence-electron chi connectivity index (χ2n) is 4.72. The van der Waals surface area contributed by atoms with Crippen LogP contribution in [0.2, 0.25) is 0 Å². The molecule has 1 aromatic carbocycles. The lowest BCUT2D eigenvalue weighted by atomic mass is 10.2. The summed E-state index contributed by atoms with van der Waals surface area (Å²) >= 11 is 6.80. The highest BCUT2D eigenvalue weighted by Crippen LogP contribution is 2.33. The lowest BCUT2D eigenvalue weighted by molar-refractivity contribution is -0.141. The van der Waals surface area contributed by atoms with Gasteiger partial charge < -0.3 is 15.3 Å². The van der Waals surface area contributed by atoms with E-state index in [1.165, 1.54) is 4.90 Å². The molecule has 2 rings (SSSR count). The summed E-state index contributed by atoms with van der Waals surface area (Å²) in [7, 11) is 0. The lowest BCUT2D eigenvalue weighted by Crippen LogP contribution is -2.42. The van der Waals surface area contributed by atoms with Crippen LogP contribution in [0.15, 0.2) is 21.1 Å². The van der Waals surface area contributed by atoms with Crippen molar-refractivity contribution in [1.82, 2.24) is 4.90 Å². The Kier molecular flexibility index (Phi) is 4.70. The minimum atomic E-state index is -0.959. The first-order valence-corrected chi connectivity index (χ1v) is 7.75. The highest BCUT2D eigenvalue weighted by atomic mass is 79.9. The third-order valence-electron chi connectivity index (χ3n) is 3.22. The summed E-state index contributed by atoms with van der Waals surface area (Å²) in [5.74, 6) is -0.959. The molecule has 0 aromatic heterocycles. The first kappa shape index (κ1) is 15.3. The molecule has 7 heteroatoms. The molecule has 20 heavy (non-hydrogen) atoms. The van der Waals surface area contributed by atoms with E-state index >= 15 is 0 Å². The molecular formula is C13H14Br2N2O3. The fourth-order valence-corrected chi connectivity index (χ4v) is 3.88. The summed E-state index contributed by atoms with van der Waals surface area (Å²) in [6.45, 7) is 2.41. The average molecular weight is 406 g/mol. The van der Waals surface area contributed by atoms with Gasteiger partial charge in [-0.05, 0) is 69.3 Å². The molecule has 0 saturated carbocycles. The Hall–Kier alpha value is -1.08. The lowest BCUT2D eigenvalue weighted by Gasteiger charge is -2.22. The van der Waals surface area contributed by atoms with E-state index in [0.717, 1.165) is 14.5 Å². The molecule has 2 amide bonds. The molecule has 1 aliphatic heterocycles. The number of nitrogens with zero attached hydrogens (tertiary/aromatic N) is 1. The van der Waals surface area contributed by atoms with Crippen LogP contribution in [0.1, 0.15) is 18.4 Å². The van der Waals surface area contributed by atoms with Crippen LogP contribution in [0.25, 0.3) is 0 Å². The maximum atomic E-state index is 12.2. The molecule has 0 unspecified atom stereocenters. The zero-order chi connectivity index (χ0) is 14.9. The number of carbonyl (C=O) groups excluding carboxylic acids is 1. The van der Waals surface area contributed by atoms with Crippen LogP contribution in [0.3, 0.4) is 0 Å². The van der Waals surface area contributed by atoms with Crippen molar-refractivity contribution < 1.29 is 14.7 Å². The van der Waals surface area contributed by atoms with E-state index in [-0.39, 0.29) is 6.03 Å². The number of aliphatic carboxylic acids is 1. The van der Waals surface area contributed by atoms with E-state index in [4.69, 9.17) is 5.11 Å². The number of carboxylic acid groups (broad SMARTS) is 1. The van der Waals surface area contributed by atoms with Gasteiger partial charge in [-0.3, -0.25) is 0 Å². The predicted molar refractivity (Wildman–Crippen MR) is 83.0 cm³/mol. The molecule has 0 bridgehead atoms. The molecule has 1 saturated heterocycles. The maximum Gasteiger partial charge on any atom is 0.326 e. The fourth-order valence-electron chi connectivity index (χ4n) is 2.26. The molecule has 0 radical (unpaired) electrons. The van der Waals surface area contributed by atoms with Gasteiger partial charge >= 0.3 is 12.0 Å². The maximum absolute atomic E-state index is 12.2. The van der Waals surface area contributed by atoms with Crippen LogP contribution >= 0.6 is 31.9 Å². The number of carboxylic acids is 1. The number of halogens is 2. The summed E-state index contributed by atoms with van der Waals surface area (Å²) in [5.41, 5.74) is 1.66. The summed E-state index contributed by atoms with van der Waals surface area (Å²) in [6.07, 6.45) is 1.21. The van der Waals surface area contributed by atoms with E-state index in [9.17, 15) is 9.59 Å². The fraction of sp³-hybridized carbons (Fsp3) is 0.385. The quantitative estimate of drug-likeness (QED) is 0.789. The second kappa shape index (κ2) is 6.13. The number of nitrogens with one attached hydrogen (secondary N) is 1. The Morgan fingerprint density at radius 3 is 2.50 bits per heavy atom. The monoisotopic (exact) mass is 404 g/mol. The summed E-state index contributed by atoms with van der Waals surface area (Å²) < 4.78 is 1.51. The molecule has 1 aromatic rings. The topological polar surface area (TPSA) is 69.6 Å². The van der Waals surface area contributed by atoms with Crippen molar-refractivity contribution in [3.8, 4) is 0 Å². The van der Waals surface area contributed by atoms with Crippen molar-refractivity contribution in [2.24, 2.45) is 0 Å². The minimum Gasteiger partial charge on any atom is -0.480 e. The van der Waals surface area contributed by atoms with Gasteiger partial charge in [0.1, 0.15) is 6.04 Å². The highest BCUT2D eigenvalue weighted by Gasteiger charge is 2.34. The second-order valence-corrected chi connectivity index (χ2v) is 6.43. The number of rotatable bonds is 2. The first-order valence-electron chi connectivity index (χ1n) is 6.16. The van der Waals surface area contributed by atoms with Crippen LogP contribution in [-0.2, 0) is 4.79 Å². The smallest absolute Gasteiger partial charge is 0.326 e. The third-order valence-corrected chi connectivity index (χ3v) is 4.47. The van der Waals surface area contributed by atoms with Crippen LogP contribution in [0, 0.1) is 6.92 Å². The molecule has 108 valence electrons. The van der Waals surface area contributed by atoms with E-state index in [2.05, 4.69) is 37.2 Å². The van der Waals surface area contributed by atoms with Gasteiger partial charge in [-0.25, -0.2) is 9.59 Å². The number of aryl methyl sites for hydroxylation is 1. The first-order chi connectivity index (χ1) is 9.40. The summed E-state index contributed by atoms with van der Waals surface area (Å²) in [5, 5.41) is 11.9. The normalized spacial score (nSPS) is 18.1. The Morgan fingerprint density at radius 2 is 1.95 bits per heavy atom. The van der Waals surface area contributed by atoms with E-state index < -0.39 is 12.0 Å². The standard InChI is InChI=1S/C13H14Br2N2O3/c1-7-5-8(14)11(9(15)6-7)16-13(20)17-4-2-3-10(17)12(18)19/h5-6,10H,2-4H2,1H3,(H,16,20)(H,18,19)/t10-/m1/s1. The van der Waals surface area contributed by atoms with Crippen LogP contribution in [0.5, 0.6) is 0 Å². The molecular weight excluding hydrogens is 392 g/mol. The van der Waals surface area contributed by atoms with Crippen molar-refractivity contribution in [3.63, 3.8) is 0 Å². The number of hydrogen-bond donors (Lipinski definition) is 2. The predicted octanol–water partition coefficient (Wildman–Crippen LogP) is 3.60. The molecule has 1 atom stereocenters. The van der Waals surface area contributed by atoms with Crippen molar-refractivity contribution in [2.45, 2.75) is 25.8 Å². The van der Waals surface area contributed by atoms with Gasteiger partial charge in [0.15, 0.2) is 0 Å². The molecule has 0 aliphatic carbocycles. The number of urea groups is 1. The Balaban J connectivity index is 2.18. The van der Waals surface area contributed by atoms with Gasteiger partial charge in [-0.2, -0.15) is 0 Å².